The fourth-order valence-corrected chi connectivity index (χ4v) is 3.22. The van der Waals surface area contributed by atoms with Crippen LogP contribution in [0.5, 0.6) is 0 Å². The lowest BCUT2D eigenvalue weighted by Gasteiger charge is -2.26. The molecule has 6 heteroatoms. The maximum atomic E-state index is 10.8. The number of hydrogen-bond acceptors (Lipinski definition) is 4. The predicted molar refractivity (Wildman–Crippen MR) is 81.3 cm³/mol. The van der Waals surface area contributed by atoms with Gasteiger partial charge in [0.2, 0.25) is 0 Å². The van der Waals surface area contributed by atoms with Crippen LogP contribution in [0.25, 0.3) is 0 Å². The van der Waals surface area contributed by atoms with Crippen LogP contribution in [0.3, 0.4) is 0 Å². The Balaban J connectivity index is 3.10. The molecule has 1 aromatic heterocycles. The zero-order chi connectivity index (χ0) is 15.3. The Bertz CT molecular complexity index is 442. The average Bonchev–Trinajstić information content (AvgIpc) is 2.81. The van der Waals surface area contributed by atoms with Crippen LogP contribution >= 0.6 is 11.8 Å². The molecule has 1 unspecified atom stereocenters. The minimum Gasteiger partial charge on any atom is -0.481 e. The van der Waals surface area contributed by atoms with Gasteiger partial charge in [0, 0.05) is 12.0 Å². The molecular formula is C14H25N3O2S. The third-order valence-electron chi connectivity index (χ3n) is 3.67. The molecule has 114 valence electrons. The lowest BCUT2D eigenvalue weighted by molar-refractivity contribution is -0.133. The summed E-state index contributed by atoms with van der Waals surface area (Å²) in [5.41, 5.74) is 0. The van der Waals surface area contributed by atoms with Crippen molar-refractivity contribution in [1.82, 2.24) is 14.8 Å². The van der Waals surface area contributed by atoms with Gasteiger partial charge in [-0.25, -0.2) is 0 Å². The summed E-state index contributed by atoms with van der Waals surface area (Å²) < 4.78 is 2.13. The maximum absolute atomic E-state index is 10.8. The number of aromatic nitrogens is 3. The van der Waals surface area contributed by atoms with Gasteiger partial charge in [-0.2, -0.15) is 0 Å². The van der Waals surface area contributed by atoms with E-state index in [-0.39, 0.29) is 17.7 Å². The van der Waals surface area contributed by atoms with Crippen molar-refractivity contribution in [1.29, 1.82) is 0 Å². The van der Waals surface area contributed by atoms with Gasteiger partial charge in [0.1, 0.15) is 5.82 Å². The summed E-state index contributed by atoms with van der Waals surface area (Å²) in [6.45, 7) is 10.7. The van der Waals surface area contributed by atoms with Crippen LogP contribution in [0.4, 0.5) is 0 Å². The molecule has 0 radical (unpaired) electrons. The van der Waals surface area contributed by atoms with Gasteiger partial charge >= 0.3 is 5.97 Å². The lowest BCUT2D eigenvalue weighted by Crippen LogP contribution is -2.19. The molecule has 1 atom stereocenters. The van der Waals surface area contributed by atoms with Gasteiger partial charge in [0.25, 0.3) is 0 Å². The summed E-state index contributed by atoms with van der Waals surface area (Å²) in [6.07, 6.45) is 2.19. The molecule has 0 aromatic carbocycles. The van der Waals surface area contributed by atoms with Crippen molar-refractivity contribution in [3.8, 4) is 0 Å². The number of nitrogens with zero attached hydrogens (tertiary/aromatic N) is 3. The molecule has 0 bridgehead atoms. The quantitative estimate of drug-likeness (QED) is 0.743. The second-order valence-corrected chi connectivity index (χ2v) is 6.31. The number of hydrogen-bond donors (Lipinski definition) is 1. The first-order valence-electron chi connectivity index (χ1n) is 7.21. The third kappa shape index (κ3) is 3.98. The van der Waals surface area contributed by atoms with Crippen LogP contribution in [0.1, 0.15) is 65.2 Å². The maximum Gasteiger partial charge on any atom is 0.313 e. The van der Waals surface area contributed by atoms with Crippen molar-refractivity contribution in [3.05, 3.63) is 5.82 Å². The Morgan fingerprint density at radius 3 is 2.30 bits per heavy atom. The van der Waals surface area contributed by atoms with Crippen molar-refractivity contribution >= 4 is 17.7 Å². The van der Waals surface area contributed by atoms with Crippen molar-refractivity contribution in [2.75, 3.05) is 5.75 Å². The van der Waals surface area contributed by atoms with Crippen LogP contribution in [0.15, 0.2) is 5.16 Å². The van der Waals surface area contributed by atoms with Gasteiger partial charge in [-0.1, -0.05) is 52.3 Å². The van der Waals surface area contributed by atoms with Gasteiger partial charge in [0.05, 0.1) is 5.75 Å². The van der Waals surface area contributed by atoms with E-state index in [0.29, 0.717) is 5.92 Å². The fourth-order valence-electron chi connectivity index (χ4n) is 2.47. The monoisotopic (exact) mass is 299 g/mol. The topological polar surface area (TPSA) is 68.0 Å². The number of carboxylic acids is 1. The molecule has 0 saturated heterocycles. The molecule has 0 aliphatic heterocycles. The molecule has 5 nitrogen and oxygen atoms in total. The van der Waals surface area contributed by atoms with E-state index in [0.717, 1.165) is 23.8 Å². The highest BCUT2D eigenvalue weighted by Gasteiger charge is 2.24. The summed E-state index contributed by atoms with van der Waals surface area (Å²) in [4.78, 5) is 10.8. The van der Waals surface area contributed by atoms with E-state index in [2.05, 4.69) is 49.4 Å². The highest BCUT2D eigenvalue weighted by Crippen LogP contribution is 2.31. The standard InChI is InChI=1S/C14H25N3O2S/c1-6-11(7-2)10(5)17-13(9(3)4)15-16-14(17)20-8-12(18)19/h9-11H,6-8H2,1-5H3,(H,18,19). The van der Waals surface area contributed by atoms with E-state index in [1.807, 2.05) is 0 Å². The highest BCUT2D eigenvalue weighted by molar-refractivity contribution is 7.99. The van der Waals surface area contributed by atoms with Crippen LogP contribution in [-0.2, 0) is 4.79 Å². The zero-order valence-electron chi connectivity index (χ0n) is 13.0. The fraction of sp³-hybridized carbons (Fsp3) is 0.786. The van der Waals surface area contributed by atoms with E-state index >= 15 is 0 Å². The molecule has 1 aromatic rings. The van der Waals surface area contributed by atoms with E-state index in [4.69, 9.17) is 5.11 Å². The normalized spacial score (nSPS) is 13.2. The lowest BCUT2D eigenvalue weighted by atomic mass is 9.95. The second kappa shape index (κ2) is 7.67. The molecule has 20 heavy (non-hydrogen) atoms. The second-order valence-electron chi connectivity index (χ2n) is 5.37. The molecule has 0 aliphatic rings. The molecule has 1 rings (SSSR count). The van der Waals surface area contributed by atoms with E-state index in [1.165, 1.54) is 11.8 Å². The van der Waals surface area contributed by atoms with E-state index in [9.17, 15) is 4.79 Å². The molecular weight excluding hydrogens is 274 g/mol. The third-order valence-corrected chi connectivity index (χ3v) is 4.60. The Kier molecular flexibility index (Phi) is 6.52. The van der Waals surface area contributed by atoms with Crippen molar-refractivity contribution < 1.29 is 9.90 Å². The first kappa shape index (κ1) is 17.0. The Morgan fingerprint density at radius 1 is 1.25 bits per heavy atom. The van der Waals surface area contributed by atoms with Gasteiger partial charge in [-0.05, 0) is 12.8 Å². The Morgan fingerprint density at radius 2 is 1.85 bits per heavy atom. The van der Waals surface area contributed by atoms with E-state index < -0.39 is 5.97 Å². The molecule has 0 aliphatic carbocycles. The van der Waals surface area contributed by atoms with Gasteiger partial charge in [-0.3, -0.25) is 4.79 Å². The molecule has 0 fully saturated rings. The number of carbonyl (C=O) groups is 1. The average molecular weight is 299 g/mol. The largest absolute Gasteiger partial charge is 0.481 e. The minimum atomic E-state index is -0.828. The first-order valence-corrected chi connectivity index (χ1v) is 8.20. The molecule has 0 amide bonds. The number of rotatable bonds is 8. The number of thioether (sulfide) groups is 1. The molecule has 0 saturated carbocycles. The number of carboxylic acid groups (broad SMARTS) is 1. The van der Waals surface area contributed by atoms with Crippen molar-refractivity contribution in [2.45, 2.75) is 64.6 Å². The molecule has 1 heterocycles. The van der Waals surface area contributed by atoms with Crippen LogP contribution < -0.4 is 0 Å². The summed E-state index contributed by atoms with van der Waals surface area (Å²) in [7, 11) is 0. The summed E-state index contributed by atoms with van der Waals surface area (Å²) >= 11 is 1.25. The summed E-state index contributed by atoms with van der Waals surface area (Å²) in [6, 6.07) is 0.286. The van der Waals surface area contributed by atoms with Crippen LogP contribution in [0, 0.1) is 5.92 Å². The van der Waals surface area contributed by atoms with Crippen molar-refractivity contribution in [2.24, 2.45) is 5.92 Å². The first-order chi connectivity index (χ1) is 9.42. The molecule has 0 spiro atoms. The number of aliphatic carboxylic acids is 1. The van der Waals surface area contributed by atoms with E-state index in [1.54, 1.807) is 0 Å². The minimum absolute atomic E-state index is 0.0197. The smallest absolute Gasteiger partial charge is 0.313 e. The predicted octanol–water partition coefficient (Wildman–Crippen LogP) is 3.58. The Labute approximate surface area is 125 Å². The van der Waals surface area contributed by atoms with Gasteiger partial charge in [-0.15, -0.1) is 10.2 Å². The van der Waals surface area contributed by atoms with Crippen LogP contribution in [0.2, 0.25) is 0 Å². The zero-order valence-corrected chi connectivity index (χ0v) is 13.8. The summed E-state index contributed by atoms with van der Waals surface area (Å²) in [5, 5.41) is 18.0. The van der Waals surface area contributed by atoms with Crippen LogP contribution in [-0.4, -0.2) is 31.6 Å². The molecule has 1 N–H and O–H groups in total. The van der Waals surface area contributed by atoms with Gasteiger partial charge < -0.3 is 9.67 Å². The summed E-state index contributed by atoms with van der Waals surface area (Å²) in [5.74, 6) is 0.959. The SMILES string of the molecule is CCC(CC)C(C)n1c(SCC(=O)O)nnc1C(C)C. The Hall–Kier alpha value is -1.04. The van der Waals surface area contributed by atoms with Gasteiger partial charge in [0.15, 0.2) is 5.16 Å². The highest BCUT2D eigenvalue weighted by atomic mass is 32.2. The van der Waals surface area contributed by atoms with Crippen molar-refractivity contribution in [3.63, 3.8) is 0 Å².